The second-order valence-corrected chi connectivity index (χ2v) is 5.60. The van der Waals surface area contributed by atoms with E-state index in [-0.39, 0.29) is 5.92 Å². The van der Waals surface area contributed by atoms with E-state index in [0.717, 1.165) is 28.4 Å². The zero-order valence-corrected chi connectivity index (χ0v) is 12.5. The average molecular weight is 282 g/mol. The predicted molar refractivity (Wildman–Crippen MR) is 81.8 cm³/mol. The third-order valence-corrected chi connectivity index (χ3v) is 3.74. The van der Waals surface area contributed by atoms with Gasteiger partial charge in [-0.1, -0.05) is 26.0 Å². The highest BCUT2D eigenvalue weighted by atomic mass is 16.3. The van der Waals surface area contributed by atoms with E-state index in [1.54, 1.807) is 12.5 Å². The molecular weight excluding hydrogens is 264 g/mol. The number of oxazole rings is 1. The van der Waals surface area contributed by atoms with Gasteiger partial charge < -0.3 is 8.98 Å². The highest BCUT2D eigenvalue weighted by Crippen LogP contribution is 2.31. The summed E-state index contributed by atoms with van der Waals surface area (Å²) in [6.07, 6.45) is 4.17. The molecule has 0 saturated heterocycles. The topological polar surface area (TPSA) is 48.0 Å². The monoisotopic (exact) mass is 282 g/mol. The lowest BCUT2D eigenvalue weighted by Gasteiger charge is -2.12. The number of benzene rings is 1. The van der Waals surface area contributed by atoms with E-state index in [9.17, 15) is 4.79 Å². The average Bonchev–Trinajstić information content (AvgIpc) is 3.05. The summed E-state index contributed by atoms with van der Waals surface area (Å²) in [5.41, 5.74) is 4.02. The molecule has 0 unspecified atom stereocenters. The maximum Gasteiger partial charge on any atom is 0.213 e. The Morgan fingerprint density at radius 2 is 2.19 bits per heavy atom. The summed E-state index contributed by atoms with van der Waals surface area (Å²) in [6, 6.07) is 6.17. The van der Waals surface area contributed by atoms with Crippen molar-refractivity contribution in [2.24, 2.45) is 0 Å². The number of hydrogen-bond donors (Lipinski definition) is 0. The van der Waals surface area contributed by atoms with E-state index in [1.807, 2.05) is 12.1 Å². The highest BCUT2D eigenvalue weighted by molar-refractivity contribution is 6.00. The molecule has 4 nitrogen and oxygen atoms in total. The summed E-state index contributed by atoms with van der Waals surface area (Å²) < 4.78 is 7.52. The number of hydrogen-bond acceptors (Lipinski definition) is 3. The first kappa shape index (κ1) is 13.6. The summed E-state index contributed by atoms with van der Waals surface area (Å²) >= 11 is 0. The Morgan fingerprint density at radius 1 is 1.38 bits per heavy atom. The van der Waals surface area contributed by atoms with E-state index in [4.69, 9.17) is 4.42 Å². The summed E-state index contributed by atoms with van der Waals surface area (Å²) in [7, 11) is 0. The molecule has 0 fully saturated rings. The maximum atomic E-state index is 11.6. The van der Waals surface area contributed by atoms with Gasteiger partial charge in [0.2, 0.25) is 5.89 Å². The number of aryl methyl sites for hydroxylation is 1. The fourth-order valence-electron chi connectivity index (χ4n) is 2.89. The molecule has 2 aromatic heterocycles. The highest BCUT2D eigenvalue weighted by Gasteiger charge is 2.20. The van der Waals surface area contributed by atoms with Gasteiger partial charge in [0.15, 0.2) is 6.29 Å². The molecule has 1 aromatic carbocycles. The molecular formula is C17H18N2O2. The van der Waals surface area contributed by atoms with Crippen LogP contribution in [0.4, 0.5) is 0 Å². The predicted octanol–water partition coefficient (Wildman–Crippen LogP) is 3.92. The minimum absolute atomic E-state index is 0.243. The van der Waals surface area contributed by atoms with Crippen molar-refractivity contribution in [3.05, 3.63) is 53.4 Å². The van der Waals surface area contributed by atoms with Crippen LogP contribution in [0, 0.1) is 6.92 Å². The minimum atomic E-state index is 0.243. The fraction of sp³-hybridized carbons (Fsp3) is 0.294. The van der Waals surface area contributed by atoms with E-state index >= 15 is 0 Å². The van der Waals surface area contributed by atoms with E-state index < -0.39 is 0 Å². The Hall–Kier alpha value is -2.36. The Bertz CT molecular complexity index is 783. The first-order valence-electron chi connectivity index (χ1n) is 7.08. The van der Waals surface area contributed by atoms with E-state index in [2.05, 4.69) is 36.4 Å². The van der Waals surface area contributed by atoms with Crippen molar-refractivity contribution in [3.8, 4) is 0 Å². The van der Waals surface area contributed by atoms with Gasteiger partial charge in [0.25, 0.3) is 0 Å². The molecule has 0 bridgehead atoms. The van der Waals surface area contributed by atoms with Gasteiger partial charge in [-0.05, 0) is 24.5 Å². The number of carbonyl (C=O) groups is 1. The molecule has 3 rings (SSSR count). The molecule has 4 heteroatoms. The Morgan fingerprint density at radius 3 is 2.81 bits per heavy atom. The molecule has 2 heterocycles. The van der Waals surface area contributed by atoms with Gasteiger partial charge in [-0.3, -0.25) is 4.79 Å². The molecule has 0 aliphatic carbocycles. The van der Waals surface area contributed by atoms with Crippen LogP contribution in [0.2, 0.25) is 0 Å². The van der Waals surface area contributed by atoms with Crippen molar-refractivity contribution in [2.45, 2.75) is 33.2 Å². The van der Waals surface area contributed by atoms with Gasteiger partial charge in [-0.25, -0.2) is 4.98 Å². The third-order valence-electron chi connectivity index (χ3n) is 3.74. The van der Waals surface area contributed by atoms with Crippen LogP contribution in [-0.2, 0) is 6.54 Å². The van der Waals surface area contributed by atoms with Gasteiger partial charge in [0, 0.05) is 22.2 Å². The molecule has 0 atom stereocenters. The summed E-state index contributed by atoms with van der Waals surface area (Å²) in [6.45, 7) is 6.78. The largest absolute Gasteiger partial charge is 0.447 e. The van der Waals surface area contributed by atoms with Crippen LogP contribution in [0.1, 0.15) is 47.3 Å². The van der Waals surface area contributed by atoms with Crippen LogP contribution < -0.4 is 0 Å². The zero-order valence-electron chi connectivity index (χ0n) is 12.5. The van der Waals surface area contributed by atoms with Crippen molar-refractivity contribution in [1.29, 1.82) is 0 Å². The minimum Gasteiger partial charge on any atom is -0.447 e. The van der Waals surface area contributed by atoms with Crippen molar-refractivity contribution in [2.75, 3.05) is 0 Å². The standard InChI is InChI=1S/C17H18N2O2/c1-11(2)17-14(10-20)13-5-4-12(3)8-15(13)19(17)9-16-18-6-7-21-16/h4-8,10-11H,9H2,1-3H3. The van der Waals surface area contributed by atoms with E-state index in [0.29, 0.717) is 12.4 Å². The lowest BCUT2D eigenvalue weighted by Crippen LogP contribution is -2.07. The summed E-state index contributed by atoms with van der Waals surface area (Å²) in [5, 5.41) is 0.992. The van der Waals surface area contributed by atoms with Gasteiger partial charge in [-0.2, -0.15) is 0 Å². The summed E-state index contributed by atoms with van der Waals surface area (Å²) in [5.74, 6) is 0.889. The van der Waals surface area contributed by atoms with Crippen LogP contribution >= 0.6 is 0 Å². The number of nitrogens with zero attached hydrogens (tertiary/aromatic N) is 2. The molecule has 0 amide bonds. The van der Waals surface area contributed by atoms with E-state index in [1.165, 1.54) is 5.56 Å². The molecule has 108 valence electrons. The van der Waals surface area contributed by atoms with Gasteiger partial charge in [-0.15, -0.1) is 0 Å². The van der Waals surface area contributed by atoms with Crippen molar-refractivity contribution < 1.29 is 9.21 Å². The second kappa shape index (κ2) is 5.20. The number of aromatic nitrogens is 2. The van der Waals surface area contributed by atoms with Crippen LogP contribution in [0.3, 0.4) is 0 Å². The van der Waals surface area contributed by atoms with Crippen LogP contribution in [0.5, 0.6) is 0 Å². The molecule has 0 N–H and O–H groups in total. The maximum absolute atomic E-state index is 11.6. The number of fused-ring (bicyclic) bond motifs is 1. The van der Waals surface area contributed by atoms with Gasteiger partial charge in [0.05, 0.1) is 12.7 Å². The van der Waals surface area contributed by atoms with Crippen molar-refractivity contribution >= 4 is 17.2 Å². The lowest BCUT2D eigenvalue weighted by atomic mass is 10.0. The molecule has 0 spiro atoms. The Balaban J connectivity index is 2.30. The number of carbonyl (C=O) groups excluding carboxylic acids is 1. The number of rotatable bonds is 4. The second-order valence-electron chi connectivity index (χ2n) is 5.60. The number of aldehydes is 1. The Labute approximate surface area is 123 Å². The van der Waals surface area contributed by atoms with Crippen molar-refractivity contribution in [1.82, 2.24) is 9.55 Å². The third kappa shape index (κ3) is 2.27. The molecule has 0 aliphatic rings. The molecule has 0 saturated carbocycles. The summed E-state index contributed by atoms with van der Waals surface area (Å²) in [4.78, 5) is 15.8. The lowest BCUT2D eigenvalue weighted by molar-refractivity contribution is 0.112. The van der Waals surface area contributed by atoms with Gasteiger partial charge in [0.1, 0.15) is 6.26 Å². The molecule has 0 radical (unpaired) electrons. The normalized spacial score (nSPS) is 11.4. The first-order valence-corrected chi connectivity index (χ1v) is 7.08. The molecule has 21 heavy (non-hydrogen) atoms. The van der Waals surface area contributed by atoms with Crippen LogP contribution in [0.25, 0.3) is 10.9 Å². The zero-order chi connectivity index (χ0) is 15.0. The van der Waals surface area contributed by atoms with Crippen LogP contribution in [0.15, 0.2) is 35.1 Å². The molecule has 3 aromatic rings. The van der Waals surface area contributed by atoms with Crippen molar-refractivity contribution in [3.63, 3.8) is 0 Å². The fourth-order valence-corrected chi connectivity index (χ4v) is 2.89. The van der Waals surface area contributed by atoms with Crippen LogP contribution in [-0.4, -0.2) is 15.8 Å². The Kier molecular flexibility index (Phi) is 3.37. The quantitative estimate of drug-likeness (QED) is 0.681. The van der Waals surface area contributed by atoms with Gasteiger partial charge >= 0.3 is 0 Å². The SMILES string of the molecule is Cc1ccc2c(C=O)c(C(C)C)n(Cc3ncco3)c2c1. The smallest absolute Gasteiger partial charge is 0.213 e. The first-order chi connectivity index (χ1) is 10.1. The molecule has 0 aliphatic heterocycles.